The molecule has 0 aliphatic carbocycles. The van der Waals surface area contributed by atoms with Crippen molar-refractivity contribution in [2.45, 2.75) is 6.54 Å². The van der Waals surface area contributed by atoms with Crippen LogP contribution in [0, 0.1) is 0 Å². The molecule has 0 fully saturated rings. The van der Waals surface area contributed by atoms with Crippen molar-refractivity contribution in [2.24, 2.45) is 5.73 Å². The summed E-state index contributed by atoms with van der Waals surface area (Å²) < 4.78 is 8.55. The summed E-state index contributed by atoms with van der Waals surface area (Å²) in [5, 5.41) is 0. The van der Waals surface area contributed by atoms with E-state index < -0.39 is 0 Å². The van der Waals surface area contributed by atoms with Gasteiger partial charge in [0.15, 0.2) is 0 Å². The molecule has 0 amide bonds. The Morgan fingerprint density at radius 2 is 1.69 bits per heavy atom. The van der Waals surface area contributed by atoms with Gasteiger partial charge in [0.25, 0.3) is 0 Å². The Labute approximate surface area is 119 Å². The lowest BCUT2D eigenvalue weighted by Crippen LogP contribution is -1.92. The van der Waals surface area contributed by atoms with Crippen molar-refractivity contribution in [3.8, 4) is 11.3 Å². The van der Waals surface area contributed by atoms with Gasteiger partial charge >= 0.3 is 0 Å². The van der Waals surface area contributed by atoms with Gasteiger partial charge in [0, 0.05) is 19.0 Å². The fourth-order valence-corrected chi connectivity index (χ4v) is 4.05. The number of benzene rings is 1. The Balaban J connectivity index is 2.55. The van der Waals surface area contributed by atoms with Gasteiger partial charge in [0.05, 0.1) is 6.54 Å². The summed E-state index contributed by atoms with van der Waals surface area (Å²) in [5.74, 6) is 1.57. The van der Waals surface area contributed by atoms with E-state index in [1.54, 1.807) is 0 Å². The van der Waals surface area contributed by atoms with E-state index in [9.17, 15) is 0 Å². The first-order valence-electron chi connectivity index (χ1n) is 4.55. The summed E-state index contributed by atoms with van der Waals surface area (Å²) in [6.07, 6.45) is 0. The highest BCUT2D eigenvalue weighted by Gasteiger charge is 2.12. The maximum absolute atomic E-state index is 5.62. The molecular formula is C11H8Br3NO. The van der Waals surface area contributed by atoms with Gasteiger partial charge in [-0.1, -0.05) is 15.9 Å². The van der Waals surface area contributed by atoms with E-state index in [-0.39, 0.29) is 0 Å². The van der Waals surface area contributed by atoms with E-state index in [1.807, 2.05) is 24.3 Å². The minimum absolute atomic E-state index is 0.408. The Kier molecular flexibility index (Phi) is 3.89. The molecule has 2 rings (SSSR count). The van der Waals surface area contributed by atoms with Crippen molar-refractivity contribution in [1.29, 1.82) is 0 Å². The lowest BCUT2D eigenvalue weighted by Gasteiger charge is -2.05. The van der Waals surface area contributed by atoms with Gasteiger partial charge in [-0.25, -0.2) is 0 Å². The molecule has 84 valence electrons. The summed E-state index contributed by atoms with van der Waals surface area (Å²) >= 11 is 10.5. The third kappa shape index (κ3) is 2.42. The van der Waals surface area contributed by atoms with Gasteiger partial charge in [-0.05, 0) is 56.1 Å². The third-order valence-electron chi connectivity index (χ3n) is 2.12. The molecular weight excluding hydrogens is 402 g/mol. The maximum atomic E-state index is 5.62. The number of rotatable bonds is 2. The molecule has 0 aliphatic heterocycles. The Morgan fingerprint density at radius 1 is 1.06 bits per heavy atom. The molecule has 0 radical (unpaired) electrons. The van der Waals surface area contributed by atoms with E-state index in [4.69, 9.17) is 10.2 Å². The SMILES string of the molecule is NCc1ccc(-c2c(Br)cc(Br)cc2Br)o1. The summed E-state index contributed by atoms with van der Waals surface area (Å²) in [7, 11) is 0. The first kappa shape index (κ1) is 12.4. The Bertz CT molecular complexity index is 499. The molecule has 0 aliphatic rings. The number of hydrogen-bond acceptors (Lipinski definition) is 2. The number of halogens is 3. The predicted molar refractivity (Wildman–Crippen MR) is 75.1 cm³/mol. The van der Waals surface area contributed by atoms with E-state index in [2.05, 4.69) is 47.8 Å². The zero-order valence-corrected chi connectivity index (χ0v) is 12.9. The van der Waals surface area contributed by atoms with Crippen LogP contribution in [0.25, 0.3) is 11.3 Å². The van der Waals surface area contributed by atoms with Crippen LogP contribution in [0.4, 0.5) is 0 Å². The lowest BCUT2D eigenvalue weighted by molar-refractivity contribution is 0.525. The van der Waals surface area contributed by atoms with Crippen LogP contribution in [0.3, 0.4) is 0 Å². The molecule has 1 heterocycles. The monoisotopic (exact) mass is 407 g/mol. The van der Waals surface area contributed by atoms with Gasteiger partial charge in [-0.15, -0.1) is 0 Å². The summed E-state index contributed by atoms with van der Waals surface area (Å²) in [4.78, 5) is 0. The molecule has 5 heteroatoms. The van der Waals surface area contributed by atoms with E-state index in [0.717, 1.165) is 30.5 Å². The van der Waals surface area contributed by atoms with Crippen molar-refractivity contribution in [3.05, 3.63) is 43.4 Å². The normalized spacial score (nSPS) is 10.8. The molecule has 1 aromatic heterocycles. The largest absolute Gasteiger partial charge is 0.460 e. The summed E-state index contributed by atoms with van der Waals surface area (Å²) in [6.45, 7) is 0.408. The highest BCUT2D eigenvalue weighted by molar-refractivity contribution is 9.11. The first-order valence-corrected chi connectivity index (χ1v) is 6.93. The van der Waals surface area contributed by atoms with Crippen LogP contribution >= 0.6 is 47.8 Å². The number of furan rings is 1. The third-order valence-corrected chi connectivity index (χ3v) is 3.82. The van der Waals surface area contributed by atoms with Crippen LogP contribution in [-0.4, -0.2) is 0 Å². The van der Waals surface area contributed by atoms with Crippen LogP contribution in [0.1, 0.15) is 5.76 Å². The second kappa shape index (κ2) is 5.04. The highest BCUT2D eigenvalue weighted by atomic mass is 79.9. The van der Waals surface area contributed by atoms with Crippen LogP contribution < -0.4 is 5.73 Å². The van der Waals surface area contributed by atoms with Gasteiger partial charge in [0.1, 0.15) is 11.5 Å². The molecule has 0 atom stereocenters. The fourth-order valence-electron chi connectivity index (χ4n) is 1.40. The summed E-state index contributed by atoms with van der Waals surface area (Å²) in [5.41, 5.74) is 6.51. The number of nitrogens with two attached hydrogens (primary N) is 1. The second-order valence-corrected chi connectivity index (χ2v) is 5.84. The van der Waals surface area contributed by atoms with Gasteiger partial charge in [-0.2, -0.15) is 0 Å². The van der Waals surface area contributed by atoms with Crippen molar-refractivity contribution >= 4 is 47.8 Å². The van der Waals surface area contributed by atoms with Crippen molar-refractivity contribution in [3.63, 3.8) is 0 Å². The topological polar surface area (TPSA) is 39.2 Å². The molecule has 0 spiro atoms. The average Bonchev–Trinajstić information content (AvgIpc) is 2.64. The molecule has 1 aromatic carbocycles. The van der Waals surface area contributed by atoms with E-state index in [0.29, 0.717) is 6.54 Å². The molecule has 2 aromatic rings. The van der Waals surface area contributed by atoms with Crippen LogP contribution in [0.5, 0.6) is 0 Å². The lowest BCUT2D eigenvalue weighted by atomic mass is 10.2. The molecule has 2 N–H and O–H groups in total. The van der Waals surface area contributed by atoms with Gasteiger partial charge in [0.2, 0.25) is 0 Å². The molecule has 0 unspecified atom stereocenters. The molecule has 0 bridgehead atoms. The molecule has 2 nitrogen and oxygen atoms in total. The zero-order chi connectivity index (χ0) is 11.7. The van der Waals surface area contributed by atoms with Crippen LogP contribution in [0.15, 0.2) is 42.1 Å². The quantitative estimate of drug-likeness (QED) is 0.781. The maximum Gasteiger partial charge on any atom is 0.136 e. The van der Waals surface area contributed by atoms with Crippen LogP contribution in [0.2, 0.25) is 0 Å². The Hall–Kier alpha value is -0.100. The minimum Gasteiger partial charge on any atom is -0.460 e. The van der Waals surface area contributed by atoms with Gasteiger partial charge in [-0.3, -0.25) is 0 Å². The fraction of sp³-hybridized carbons (Fsp3) is 0.0909. The minimum atomic E-state index is 0.408. The smallest absolute Gasteiger partial charge is 0.136 e. The predicted octanol–water partition coefficient (Wildman–Crippen LogP) is 4.69. The van der Waals surface area contributed by atoms with E-state index in [1.165, 1.54) is 0 Å². The van der Waals surface area contributed by atoms with Crippen molar-refractivity contribution in [1.82, 2.24) is 0 Å². The standard InChI is InChI=1S/C11H8Br3NO/c12-6-3-8(13)11(9(14)4-6)10-2-1-7(5-15)16-10/h1-4H,5,15H2. The second-order valence-electron chi connectivity index (χ2n) is 3.21. The van der Waals surface area contributed by atoms with Crippen molar-refractivity contribution < 1.29 is 4.42 Å². The first-order chi connectivity index (χ1) is 7.61. The van der Waals surface area contributed by atoms with Crippen LogP contribution in [-0.2, 0) is 6.54 Å². The van der Waals surface area contributed by atoms with Gasteiger partial charge < -0.3 is 10.2 Å². The van der Waals surface area contributed by atoms with E-state index >= 15 is 0 Å². The summed E-state index contributed by atoms with van der Waals surface area (Å²) in [6, 6.07) is 7.76. The van der Waals surface area contributed by atoms with Crippen molar-refractivity contribution in [2.75, 3.05) is 0 Å². The molecule has 16 heavy (non-hydrogen) atoms. The molecule has 0 saturated heterocycles. The highest BCUT2D eigenvalue weighted by Crippen LogP contribution is 2.38. The molecule has 0 saturated carbocycles. The number of hydrogen-bond donors (Lipinski definition) is 1. The average molecular weight is 410 g/mol. The zero-order valence-electron chi connectivity index (χ0n) is 8.14. The Morgan fingerprint density at radius 3 is 2.19 bits per heavy atom.